The van der Waals surface area contributed by atoms with Gasteiger partial charge in [-0.05, 0) is 63.2 Å². The van der Waals surface area contributed by atoms with E-state index in [1.54, 1.807) is 0 Å². The van der Waals surface area contributed by atoms with Crippen LogP contribution < -0.4 is 0 Å². The Bertz CT molecular complexity index is 193. The van der Waals surface area contributed by atoms with Crippen molar-refractivity contribution >= 4 is 12.6 Å². The molecule has 0 radical (unpaired) electrons. The maximum absolute atomic E-state index is 4.59. The third-order valence-electron chi connectivity index (χ3n) is 4.68. The molecule has 0 heterocycles. The van der Waals surface area contributed by atoms with Gasteiger partial charge in [0.25, 0.3) is 0 Å². The molecule has 0 N–H and O–H groups in total. The molecule has 0 saturated carbocycles. The van der Waals surface area contributed by atoms with Crippen molar-refractivity contribution in [2.24, 2.45) is 5.41 Å². The molecule has 0 aromatic carbocycles. The van der Waals surface area contributed by atoms with Crippen LogP contribution in [0.15, 0.2) is 0 Å². The predicted molar refractivity (Wildman–Crippen MR) is 91.4 cm³/mol. The molecule has 116 valence electrons. The van der Waals surface area contributed by atoms with E-state index in [1.165, 1.54) is 52.0 Å². The largest absolute Gasteiger partial charge is 0.304 e. The lowest BCUT2D eigenvalue weighted by Gasteiger charge is -2.36. The maximum atomic E-state index is 4.59. The van der Waals surface area contributed by atoms with E-state index < -0.39 is 0 Å². The van der Waals surface area contributed by atoms with Gasteiger partial charge < -0.3 is 9.80 Å². The van der Waals surface area contributed by atoms with Crippen LogP contribution in [0.3, 0.4) is 0 Å². The molecule has 0 bridgehead atoms. The fourth-order valence-corrected chi connectivity index (χ4v) is 3.18. The van der Waals surface area contributed by atoms with E-state index in [-0.39, 0.29) is 0 Å². The summed E-state index contributed by atoms with van der Waals surface area (Å²) in [6.07, 6.45) is 3.75. The molecule has 2 nitrogen and oxygen atoms in total. The summed E-state index contributed by atoms with van der Waals surface area (Å²) in [6, 6.07) is 0. The Hall–Kier alpha value is 0.270. The summed E-state index contributed by atoms with van der Waals surface area (Å²) in [6.45, 7) is 18.6. The highest BCUT2D eigenvalue weighted by molar-refractivity contribution is 7.80. The first-order valence-corrected chi connectivity index (χ1v) is 8.80. The first kappa shape index (κ1) is 19.3. The third kappa shape index (κ3) is 7.01. The molecule has 0 fully saturated rings. The van der Waals surface area contributed by atoms with Gasteiger partial charge in [0, 0.05) is 6.54 Å². The summed E-state index contributed by atoms with van der Waals surface area (Å²) in [5, 5.41) is 0. The molecule has 19 heavy (non-hydrogen) atoms. The molecule has 0 amide bonds. The monoisotopic (exact) mass is 288 g/mol. The molecule has 0 aliphatic rings. The number of hydrogen-bond donors (Lipinski definition) is 1. The van der Waals surface area contributed by atoms with Crippen LogP contribution in [0.25, 0.3) is 0 Å². The molecular formula is C16H36N2S. The number of rotatable bonds is 12. The molecule has 0 rings (SSSR count). The van der Waals surface area contributed by atoms with Crippen molar-refractivity contribution in [3.8, 4) is 0 Å². The van der Waals surface area contributed by atoms with Gasteiger partial charge in [0.2, 0.25) is 0 Å². The van der Waals surface area contributed by atoms with Crippen molar-refractivity contribution in [3.05, 3.63) is 0 Å². The van der Waals surface area contributed by atoms with Gasteiger partial charge in [-0.15, -0.1) is 0 Å². The lowest BCUT2D eigenvalue weighted by atomic mass is 9.84. The Morgan fingerprint density at radius 1 is 0.789 bits per heavy atom. The second kappa shape index (κ2) is 11.0. The lowest BCUT2D eigenvalue weighted by molar-refractivity contribution is 0.155. The minimum atomic E-state index is 0.411. The Labute approximate surface area is 127 Å². The van der Waals surface area contributed by atoms with Crippen molar-refractivity contribution in [2.45, 2.75) is 53.9 Å². The lowest BCUT2D eigenvalue weighted by Crippen LogP contribution is -2.40. The van der Waals surface area contributed by atoms with Crippen molar-refractivity contribution in [1.82, 2.24) is 9.80 Å². The second-order valence-corrected chi connectivity index (χ2v) is 5.93. The van der Waals surface area contributed by atoms with Crippen molar-refractivity contribution in [2.75, 3.05) is 45.0 Å². The minimum Gasteiger partial charge on any atom is -0.304 e. The van der Waals surface area contributed by atoms with Crippen LogP contribution in [0, 0.1) is 5.41 Å². The fourth-order valence-electron chi connectivity index (χ4n) is 2.63. The molecule has 0 aliphatic carbocycles. The van der Waals surface area contributed by atoms with E-state index in [4.69, 9.17) is 0 Å². The average molecular weight is 289 g/mol. The summed E-state index contributed by atoms with van der Waals surface area (Å²) < 4.78 is 0. The van der Waals surface area contributed by atoms with Crippen LogP contribution in [0.5, 0.6) is 0 Å². The summed E-state index contributed by atoms with van der Waals surface area (Å²) in [5.41, 5.74) is 0.411. The first-order chi connectivity index (χ1) is 9.11. The van der Waals surface area contributed by atoms with E-state index in [9.17, 15) is 0 Å². The Morgan fingerprint density at radius 3 is 1.63 bits per heavy atom. The van der Waals surface area contributed by atoms with Crippen molar-refractivity contribution in [3.63, 3.8) is 0 Å². The molecular weight excluding hydrogens is 252 g/mol. The first-order valence-electron chi connectivity index (χ1n) is 8.16. The zero-order chi connectivity index (χ0) is 14.7. The average Bonchev–Trinajstić information content (AvgIpc) is 2.47. The summed E-state index contributed by atoms with van der Waals surface area (Å²) in [4.78, 5) is 5.13. The van der Waals surface area contributed by atoms with Gasteiger partial charge in [-0.1, -0.05) is 34.6 Å². The highest BCUT2D eigenvalue weighted by Crippen LogP contribution is 2.29. The molecule has 0 spiro atoms. The van der Waals surface area contributed by atoms with Gasteiger partial charge in [-0.2, -0.15) is 12.6 Å². The zero-order valence-electron chi connectivity index (χ0n) is 13.9. The normalized spacial score (nSPS) is 12.6. The summed E-state index contributed by atoms with van der Waals surface area (Å²) in [7, 11) is 0. The smallest absolute Gasteiger partial charge is 0.00455 e. The summed E-state index contributed by atoms with van der Waals surface area (Å²) >= 11 is 4.59. The predicted octanol–water partition coefficient (Wildman–Crippen LogP) is 3.78. The molecule has 0 unspecified atom stereocenters. The molecule has 0 aromatic heterocycles. The van der Waals surface area contributed by atoms with Gasteiger partial charge in [0.15, 0.2) is 0 Å². The van der Waals surface area contributed by atoms with Gasteiger partial charge in [-0.25, -0.2) is 0 Å². The molecule has 0 aromatic rings. The minimum absolute atomic E-state index is 0.411. The number of thiol groups is 1. The van der Waals surface area contributed by atoms with Crippen molar-refractivity contribution < 1.29 is 0 Å². The quantitative estimate of drug-likeness (QED) is 0.546. The molecule has 0 saturated heterocycles. The molecule has 0 aliphatic heterocycles. The van der Waals surface area contributed by atoms with Crippen LogP contribution in [-0.4, -0.2) is 54.8 Å². The van der Waals surface area contributed by atoms with E-state index in [2.05, 4.69) is 57.0 Å². The fraction of sp³-hybridized carbons (Fsp3) is 1.00. The van der Waals surface area contributed by atoms with E-state index in [0.29, 0.717) is 5.41 Å². The number of hydrogen-bond acceptors (Lipinski definition) is 3. The number of nitrogens with zero attached hydrogens (tertiary/aromatic N) is 2. The second-order valence-electron chi connectivity index (χ2n) is 5.61. The van der Waals surface area contributed by atoms with Gasteiger partial charge in [0.1, 0.15) is 0 Å². The van der Waals surface area contributed by atoms with Crippen LogP contribution in [0.1, 0.15) is 53.9 Å². The topological polar surface area (TPSA) is 6.48 Å². The van der Waals surface area contributed by atoms with E-state index in [1.807, 2.05) is 0 Å². The van der Waals surface area contributed by atoms with E-state index in [0.717, 1.165) is 12.3 Å². The molecule has 3 heteroatoms. The zero-order valence-corrected chi connectivity index (χ0v) is 14.8. The summed E-state index contributed by atoms with van der Waals surface area (Å²) in [5.74, 6) is 1.01. The maximum Gasteiger partial charge on any atom is 0.00455 e. The van der Waals surface area contributed by atoms with Gasteiger partial charge in [0.05, 0.1) is 0 Å². The molecule has 0 atom stereocenters. The third-order valence-corrected chi connectivity index (χ3v) is 5.36. The van der Waals surface area contributed by atoms with Crippen LogP contribution >= 0.6 is 12.6 Å². The Morgan fingerprint density at radius 2 is 1.26 bits per heavy atom. The van der Waals surface area contributed by atoms with Gasteiger partial charge >= 0.3 is 0 Å². The Balaban J connectivity index is 4.20. The SMILES string of the molecule is CCN(CC)CCCN(CC)CC(CC)(CC)CS. The highest BCUT2D eigenvalue weighted by atomic mass is 32.1. The van der Waals surface area contributed by atoms with Crippen LogP contribution in [0.4, 0.5) is 0 Å². The standard InChI is InChI=1S/C16H36N2S/c1-6-16(7-2,15-19)14-18(10-5)13-11-12-17(8-3)9-4/h19H,6-15H2,1-5H3. The Kier molecular flexibility index (Phi) is 11.1. The highest BCUT2D eigenvalue weighted by Gasteiger charge is 2.26. The van der Waals surface area contributed by atoms with Crippen molar-refractivity contribution in [1.29, 1.82) is 0 Å². The van der Waals surface area contributed by atoms with Crippen LogP contribution in [-0.2, 0) is 0 Å². The van der Waals surface area contributed by atoms with E-state index >= 15 is 0 Å². The van der Waals surface area contributed by atoms with Crippen LogP contribution in [0.2, 0.25) is 0 Å². The van der Waals surface area contributed by atoms with Gasteiger partial charge in [-0.3, -0.25) is 0 Å².